The Morgan fingerprint density at radius 1 is 0.684 bits per heavy atom. The van der Waals surface area contributed by atoms with E-state index in [1.807, 2.05) is 6.20 Å². The lowest BCUT2D eigenvalue weighted by molar-refractivity contribution is 0.584. The van der Waals surface area contributed by atoms with E-state index in [2.05, 4.69) is 110 Å². The second kappa shape index (κ2) is 8.12. The average molecular weight is 489 g/mol. The number of allylic oxidation sites excluding steroid dienone is 1. The number of fused-ring (bicyclic) bond motifs is 9. The molecule has 5 aromatic carbocycles. The Hall–Kier alpha value is -4.76. The summed E-state index contributed by atoms with van der Waals surface area (Å²) in [7, 11) is 0. The van der Waals surface area contributed by atoms with Crippen molar-refractivity contribution < 1.29 is 4.42 Å². The molecule has 0 bridgehead atoms. The van der Waals surface area contributed by atoms with Crippen molar-refractivity contribution in [2.75, 3.05) is 0 Å². The number of hydrogen-bond donors (Lipinski definition) is 0. The molecule has 0 amide bonds. The van der Waals surface area contributed by atoms with Gasteiger partial charge in [-0.2, -0.15) is 0 Å². The SMILES string of the molecule is CC1C=Cc2oc3ccc(-c4ccc(-c5cnc6c7ccccc7c7ccccc7c6n5)cc4)cc3c2C1. The van der Waals surface area contributed by atoms with Crippen molar-refractivity contribution >= 4 is 49.6 Å². The fourth-order valence-electron chi connectivity index (χ4n) is 5.93. The molecule has 1 unspecified atom stereocenters. The molecule has 1 aliphatic carbocycles. The second-order valence-corrected chi connectivity index (χ2v) is 10.3. The van der Waals surface area contributed by atoms with E-state index in [9.17, 15) is 0 Å². The molecule has 0 fully saturated rings. The third-order valence-electron chi connectivity index (χ3n) is 7.87. The Morgan fingerprint density at radius 2 is 1.34 bits per heavy atom. The molecule has 2 heterocycles. The molecule has 2 aromatic heterocycles. The minimum Gasteiger partial charge on any atom is -0.456 e. The Bertz CT molecular complexity index is 2030. The van der Waals surface area contributed by atoms with Crippen LogP contribution in [-0.2, 0) is 6.42 Å². The van der Waals surface area contributed by atoms with E-state index in [-0.39, 0.29) is 0 Å². The molecule has 0 saturated heterocycles. The van der Waals surface area contributed by atoms with E-state index < -0.39 is 0 Å². The summed E-state index contributed by atoms with van der Waals surface area (Å²) in [4.78, 5) is 10.0. The highest BCUT2D eigenvalue weighted by Gasteiger charge is 2.18. The summed E-state index contributed by atoms with van der Waals surface area (Å²) in [5.74, 6) is 1.53. The van der Waals surface area contributed by atoms with Gasteiger partial charge in [0.25, 0.3) is 0 Å². The van der Waals surface area contributed by atoms with Crippen molar-refractivity contribution in [3.8, 4) is 22.4 Å². The number of aromatic nitrogens is 2. The standard InChI is InChI=1S/C35H24N2O/c1-21-10-16-32-29(18-21)30-19-24(15-17-33(30)38-32)22-11-13-23(14-12-22)31-20-36-34-27-8-4-2-6-25(27)26-7-3-5-9-28(26)35(34)37-31/h2-17,19-21H,18H2,1H3. The highest BCUT2D eigenvalue weighted by atomic mass is 16.3. The molecule has 8 rings (SSSR count). The van der Waals surface area contributed by atoms with Gasteiger partial charge in [-0.1, -0.05) is 91.9 Å². The zero-order chi connectivity index (χ0) is 25.2. The molecule has 0 spiro atoms. The summed E-state index contributed by atoms with van der Waals surface area (Å²) in [6.45, 7) is 2.25. The first-order chi connectivity index (χ1) is 18.7. The molecule has 180 valence electrons. The largest absolute Gasteiger partial charge is 0.456 e. The van der Waals surface area contributed by atoms with Crippen LogP contribution in [0.4, 0.5) is 0 Å². The summed E-state index contributed by atoms with van der Waals surface area (Å²) in [6, 6.07) is 32.1. The monoisotopic (exact) mass is 488 g/mol. The lowest BCUT2D eigenvalue weighted by Crippen LogP contribution is -2.00. The topological polar surface area (TPSA) is 38.9 Å². The number of furan rings is 1. The Balaban J connectivity index is 1.22. The lowest BCUT2D eigenvalue weighted by Gasteiger charge is -2.11. The van der Waals surface area contributed by atoms with Crippen molar-refractivity contribution in [3.63, 3.8) is 0 Å². The summed E-state index contributed by atoms with van der Waals surface area (Å²) in [5, 5.41) is 5.91. The van der Waals surface area contributed by atoms with E-state index in [1.54, 1.807) is 0 Å². The minimum absolute atomic E-state index is 0.532. The number of rotatable bonds is 2. The molecule has 0 saturated carbocycles. The molecule has 3 heteroatoms. The van der Waals surface area contributed by atoms with Gasteiger partial charge in [-0.3, -0.25) is 4.98 Å². The summed E-state index contributed by atoms with van der Waals surface area (Å²) < 4.78 is 6.10. The van der Waals surface area contributed by atoms with Crippen molar-refractivity contribution in [2.45, 2.75) is 13.3 Å². The van der Waals surface area contributed by atoms with Crippen molar-refractivity contribution in [2.24, 2.45) is 5.92 Å². The van der Waals surface area contributed by atoms with Crippen molar-refractivity contribution in [1.82, 2.24) is 9.97 Å². The maximum absolute atomic E-state index is 6.10. The fraction of sp³-hybridized carbons (Fsp3) is 0.0857. The van der Waals surface area contributed by atoms with Gasteiger partial charge >= 0.3 is 0 Å². The zero-order valence-electron chi connectivity index (χ0n) is 21.0. The first-order valence-electron chi connectivity index (χ1n) is 13.1. The average Bonchev–Trinajstić information content (AvgIpc) is 3.34. The maximum atomic E-state index is 6.10. The van der Waals surface area contributed by atoms with Gasteiger partial charge in [-0.05, 0) is 52.4 Å². The van der Waals surface area contributed by atoms with Crippen LogP contribution in [0.25, 0.3) is 72.0 Å². The van der Waals surface area contributed by atoms with Gasteiger partial charge in [0.2, 0.25) is 0 Å². The van der Waals surface area contributed by atoms with E-state index >= 15 is 0 Å². The second-order valence-electron chi connectivity index (χ2n) is 10.3. The van der Waals surface area contributed by atoms with Gasteiger partial charge in [-0.25, -0.2) is 4.98 Å². The molecule has 38 heavy (non-hydrogen) atoms. The van der Waals surface area contributed by atoms with Crippen LogP contribution in [0, 0.1) is 5.92 Å². The number of benzene rings is 5. The Morgan fingerprint density at radius 3 is 2.11 bits per heavy atom. The van der Waals surface area contributed by atoms with Crippen LogP contribution in [0.2, 0.25) is 0 Å². The third-order valence-corrected chi connectivity index (χ3v) is 7.87. The van der Waals surface area contributed by atoms with Crippen molar-refractivity contribution in [3.05, 3.63) is 115 Å². The highest BCUT2D eigenvalue weighted by Crippen LogP contribution is 2.37. The zero-order valence-corrected chi connectivity index (χ0v) is 21.0. The van der Waals surface area contributed by atoms with E-state index in [1.165, 1.54) is 32.8 Å². The smallest absolute Gasteiger partial charge is 0.135 e. The van der Waals surface area contributed by atoms with Crippen LogP contribution >= 0.6 is 0 Å². The van der Waals surface area contributed by atoms with E-state index in [0.717, 1.165) is 50.8 Å². The summed E-state index contributed by atoms with van der Waals surface area (Å²) in [6.07, 6.45) is 7.27. The van der Waals surface area contributed by atoms with Crippen LogP contribution < -0.4 is 0 Å². The van der Waals surface area contributed by atoms with Crippen molar-refractivity contribution in [1.29, 1.82) is 0 Å². The van der Waals surface area contributed by atoms with Gasteiger partial charge in [0.1, 0.15) is 11.3 Å². The Kier molecular flexibility index (Phi) is 4.56. The summed E-state index contributed by atoms with van der Waals surface area (Å²) in [5.41, 5.74) is 8.47. The molecule has 7 aromatic rings. The number of hydrogen-bond acceptors (Lipinski definition) is 3. The van der Waals surface area contributed by atoms with Gasteiger partial charge in [0, 0.05) is 27.3 Å². The van der Waals surface area contributed by atoms with Crippen LogP contribution in [0.1, 0.15) is 18.2 Å². The van der Waals surface area contributed by atoms with Crippen LogP contribution in [0.5, 0.6) is 0 Å². The van der Waals surface area contributed by atoms with Crippen LogP contribution in [-0.4, -0.2) is 9.97 Å². The molecule has 3 nitrogen and oxygen atoms in total. The molecular formula is C35H24N2O. The quantitative estimate of drug-likeness (QED) is 0.228. The van der Waals surface area contributed by atoms with Gasteiger partial charge in [-0.15, -0.1) is 0 Å². The van der Waals surface area contributed by atoms with Gasteiger partial charge in [0.05, 0.1) is 22.9 Å². The normalized spacial score (nSPS) is 15.0. The molecule has 1 atom stereocenters. The van der Waals surface area contributed by atoms with Gasteiger partial charge in [0.15, 0.2) is 0 Å². The fourth-order valence-corrected chi connectivity index (χ4v) is 5.93. The Labute approximate surface area is 220 Å². The molecule has 0 radical (unpaired) electrons. The highest BCUT2D eigenvalue weighted by molar-refractivity contribution is 6.23. The maximum Gasteiger partial charge on any atom is 0.135 e. The predicted molar refractivity (Wildman–Crippen MR) is 157 cm³/mol. The molecular weight excluding hydrogens is 464 g/mol. The molecule has 1 aliphatic rings. The van der Waals surface area contributed by atoms with E-state index in [4.69, 9.17) is 14.4 Å². The number of nitrogens with zero attached hydrogens (tertiary/aromatic N) is 2. The third kappa shape index (κ3) is 3.22. The predicted octanol–water partition coefficient (Wildman–Crippen LogP) is 9.22. The van der Waals surface area contributed by atoms with Gasteiger partial charge < -0.3 is 4.42 Å². The first kappa shape index (κ1) is 21.3. The molecule has 0 aliphatic heterocycles. The lowest BCUT2D eigenvalue weighted by atomic mass is 9.92. The minimum atomic E-state index is 0.532. The van der Waals surface area contributed by atoms with Crippen LogP contribution in [0.3, 0.4) is 0 Å². The molecule has 0 N–H and O–H groups in total. The summed E-state index contributed by atoms with van der Waals surface area (Å²) >= 11 is 0. The van der Waals surface area contributed by atoms with Crippen LogP contribution in [0.15, 0.2) is 108 Å². The van der Waals surface area contributed by atoms with E-state index in [0.29, 0.717) is 5.92 Å². The first-order valence-corrected chi connectivity index (χ1v) is 13.1.